The predicted octanol–water partition coefficient (Wildman–Crippen LogP) is 4.91. The van der Waals surface area contributed by atoms with E-state index in [1.165, 1.54) is 12.1 Å². The van der Waals surface area contributed by atoms with Crippen molar-refractivity contribution < 1.29 is 18.7 Å². The molecule has 3 heterocycles. The van der Waals surface area contributed by atoms with Gasteiger partial charge in [0.2, 0.25) is 0 Å². The first-order valence-electron chi connectivity index (χ1n) is 12.1. The molecule has 186 valence electrons. The van der Waals surface area contributed by atoms with Gasteiger partial charge in [-0.25, -0.2) is 9.37 Å². The summed E-state index contributed by atoms with van der Waals surface area (Å²) in [5, 5.41) is 5.16. The van der Waals surface area contributed by atoms with Crippen LogP contribution in [0.15, 0.2) is 54.6 Å². The number of rotatable bonds is 7. The minimum atomic E-state index is -0.351. The van der Waals surface area contributed by atoms with Crippen molar-refractivity contribution in [2.24, 2.45) is 7.05 Å². The average Bonchev–Trinajstić information content (AvgIpc) is 3.51. The van der Waals surface area contributed by atoms with Gasteiger partial charge in [0.25, 0.3) is 5.91 Å². The third-order valence-electron chi connectivity index (χ3n) is 6.54. The number of amides is 1. The number of methoxy groups -OCH3 is 1. The van der Waals surface area contributed by atoms with Crippen molar-refractivity contribution in [1.29, 1.82) is 0 Å². The number of benzene rings is 2. The van der Waals surface area contributed by atoms with Crippen LogP contribution in [0.25, 0.3) is 22.2 Å². The number of hydrogen-bond donors (Lipinski definition) is 0. The highest BCUT2D eigenvalue weighted by atomic mass is 19.1. The van der Waals surface area contributed by atoms with Gasteiger partial charge in [-0.05, 0) is 61.7 Å². The largest absolute Gasteiger partial charge is 0.496 e. The summed E-state index contributed by atoms with van der Waals surface area (Å²) in [5.74, 6) is 0.176. The zero-order valence-corrected chi connectivity index (χ0v) is 20.7. The summed E-state index contributed by atoms with van der Waals surface area (Å²) in [4.78, 5) is 20.4. The quantitative estimate of drug-likeness (QED) is 0.370. The number of pyridine rings is 1. The molecule has 0 saturated carbocycles. The Kier molecular flexibility index (Phi) is 6.69. The molecule has 1 aliphatic rings. The minimum Gasteiger partial charge on any atom is -0.496 e. The Morgan fingerprint density at radius 3 is 2.78 bits per heavy atom. The molecule has 1 aliphatic heterocycles. The minimum absolute atomic E-state index is 0.0273. The number of nitrogens with zero attached hydrogens (tertiary/aromatic N) is 4. The van der Waals surface area contributed by atoms with Crippen molar-refractivity contribution in [2.45, 2.75) is 32.4 Å². The zero-order chi connectivity index (χ0) is 25.2. The Morgan fingerprint density at radius 2 is 2.06 bits per heavy atom. The van der Waals surface area contributed by atoms with Gasteiger partial charge in [-0.2, -0.15) is 5.10 Å². The van der Waals surface area contributed by atoms with Gasteiger partial charge in [0.1, 0.15) is 17.3 Å². The molecular formula is C28H29FN4O3. The van der Waals surface area contributed by atoms with E-state index in [2.05, 4.69) is 5.10 Å². The van der Waals surface area contributed by atoms with Crippen LogP contribution < -0.4 is 4.74 Å². The molecule has 0 unspecified atom stereocenters. The van der Waals surface area contributed by atoms with Gasteiger partial charge in [0, 0.05) is 43.8 Å². The molecule has 4 aromatic rings. The lowest BCUT2D eigenvalue weighted by molar-refractivity contribution is 0.0499. The van der Waals surface area contributed by atoms with E-state index in [4.69, 9.17) is 14.5 Å². The van der Waals surface area contributed by atoms with E-state index in [0.29, 0.717) is 42.4 Å². The van der Waals surface area contributed by atoms with Crippen LogP contribution in [0.5, 0.6) is 5.75 Å². The molecule has 8 heteroatoms. The van der Waals surface area contributed by atoms with Gasteiger partial charge in [0.15, 0.2) is 0 Å². The van der Waals surface area contributed by atoms with Crippen molar-refractivity contribution in [2.75, 3.05) is 20.3 Å². The summed E-state index contributed by atoms with van der Waals surface area (Å²) in [6, 6.07) is 15.9. The molecule has 1 saturated heterocycles. The van der Waals surface area contributed by atoms with E-state index in [1.807, 2.05) is 37.3 Å². The number of aromatic nitrogens is 3. The molecule has 2 aromatic heterocycles. The highest BCUT2D eigenvalue weighted by Crippen LogP contribution is 2.34. The van der Waals surface area contributed by atoms with Crippen molar-refractivity contribution in [3.05, 3.63) is 77.4 Å². The van der Waals surface area contributed by atoms with Crippen LogP contribution in [0.1, 0.15) is 34.6 Å². The second-order valence-corrected chi connectivity index (χ2v) is 9.15. The summed E-state index contributed by atoms with van der Waals surface area (Å²) in [6.45, 7) is 3.33. The van der Waals surface area contributed by atoms with E-state index in [9.17, 15) is 9.18 Å². The topological polar surface area (TPSA) is 69.5 Å². The van der Waals surface area contributed by atoms with Crippen LogP contribution >= 0.6 is 0 Å². The summed E-state index contributed by atoms with van der Waals surface area (Å²) >= 11 is 0. The van der Waals surface area contributed by atoms with E-state index < -0.39 is 0 Å². The van der Waals surface area contributed by atoms with Crippen LogP contribution in [-0.4, -0.2) is 51.9 Å². The van der Waals surface area contributed by atoms with Gasteiger partial charge in [0.05, 0.1) is 30.1 Å². The SMILES string of the molecule is COc1ccccc1-c1nc2cc(F)ccc2cc1CN(C[C@@H]1CCCO1)C(=O)c1cc(C)nn1C. The monoisotopic (exact) mass is 488 g/mol. The first-order valence-corrected chi connectivity index (χ1v) is 12.1. The highest BCUT2D eigenvalue weighted by molar-refractivity contribution is 5.93. The first kappa shape index (κ1) is 23.9. The fraction of sp³-hybridized carbons (Fsp3) is 0.321. The number of halogens is 1. The van der Waals surface area contributed by atoms with E-state index in [-0.39, 0.29) is 17.8 Å². The molecular weight excluding hydrogens is 459 g/mol. The molecule has 2 aromatic carbocycles. The van der Waals surface area contributed by atoms with Crippen LogP contribution in [0.3, 0.4) is 0 Å². The number of aryl methyl sites for hydroxylation is 2. The summed E-state index contributed by atoms with van der Waals surface area (Å²) in [7, 11) is 3.38. The second-order valence-electron chi connectivity index (χ2n) is 9.15. The molecule has 1 atom stereocenters. The van der Waals surface area contributed by atoms with Crippen molar-refractivity contribution in [1.82, 2.24) is 19.7 Å². The lowest BCUT2D eigenvalue weighted by atomic mass is 10.0. The number of hydrogen-bond acceptors (Lipinski definition) is 5. The third kappa shape index (κ3) is 4.81. The molecule has 0 radical (unpaired) electrons. The molecule has 0 N–H and O–H groups in total. The number of fused-ring (bicyclic) bond motifs is 1. The van der Waals surface area contributed by atoms with Crippen LogP contribution in [0.4, 0.5) is 4.39 Å². The third-order valence-corrected chi connectivity index (χ3v) is 6.54. The Morgan fingerprint density at radius 1 is 1.22 bits per heavy atom. The number of para-hydroxylation sites is 1. The van der Waals surface area contributed by atoms with Crippen molar-refractivity contribution >= 4 is 16.8 Å². The highest BCUT2D eigenvalue weighted by Gasteiger charge is 2.27. The molecule has 0 aliphatic carbocycles. The maximum absolute atomic E-state index is 14.0. The Hall–Kier alpha value is -3.78. The van der Waals surface area contributed by atoms with E-state index >= 15 is 0 Å². The molecule has 0 spiro atoms. The molecule has 5 rings (SSSR count). The standard InChI is InChI=1S/C28H29FN4O3/c1-18-13-25(32(2)31-18)28(34)33(17-22-7-6-12-36-22)16-20-14-19-10-11-21(29)15-24(19)30-27(20)23-8-4-5-9-26(23)35-3/h4-5,8-11,13-15,22H,6-7,12,16-17H2,1-3H3/t22-/m0/s1. The number of carbonyl (C=O) groups excluding carboxylic acids is 1. The van der Waals surface area contributed by atoms with Crippen LogP contribution in [0.2, 0.25) is 0 Å². The van der Waals surface area contributed by atoms with Gasteiger partial charge in [-0.3, -0.25) is 9.48 Å². The van der Waals surface area contributed by atoms with Crippen molar-refractivity contribution in [3.63, 3.8) is 0 Å². The predicted molar refractivity (Wildman–Crippen MR) is 135 cm³/mol. The molecule has 0 bridgehead atoms. The summed E-state index contributed by atoms with van der Waals surface area (Å²) in [6.07, 6.45) is 1.86. The van der Waals surface area contributed by atoms with E-state index in [1.54, 1.807) is 35.9 Å². The van der Waals surface area contributed by atoms with Crippen LogP contribution in [0, 0.1) is 12.7 Å². The molecule has 36 heavy (non-hydrogen) atoms. The molecule has 1 fully saturated rings. The van der Waals surface area contributed by atoms with E-state index in [0.717, 1.165) is 35.0 Å². The normalized spacial score (nSPS) is 15.4. The zero-order valence-electron chi connectivity index (χ0n) is 20.7. The summed E-state index contributed by atoms with van der Waals surface area (Å²) in [5.41, 5.74) is 4.10. The Labute approximate surface area is 209 Å². The Bertz CT molecular complexity index is 1410. The summed E-state index contributed by atoms with van der Waals surface area (Å²) < 4.78 is 27.2. The van der Waals surface area contributed by atoms with Gasteiger partial charge < -0.3 is 14.4 Å². The fourth-order valence-corrected chi connectivity index (χ4v) is 4.81. The first-order chi connectivity index (χ1) is 17.4. The number of ether oxygens (including phenoxy) is 2. The smallest absolute Gasteiger partial charge is 0.272 e. The lowest BCUT2D eigenvalue weighted by Crippen LogP contribution is -2.38. The number of carbonyl (C=O) groups is 1. The van der Waals surface area contributed by atoms with Gasteiger partial charge in [-0.1, -0.05) is 12.1 Å². The van der Waals surface area contributed by atoms with Crippen LogP contribution in [-0.2, 0) is 18.3 Å². The van der Waals surface area contributed by atoms with Gasteiger partial charge >= 0.3 is 0 Å². The average molecular weight is 489 g/mol. The lowest BCUT2D eigenvalue weighted by Gasteiger charge is -2.27. The van der Waals surface area contributed by atoms with Gasteiger partial charge in [-0.15, -0.1) is 0 Å². The Balaban J connectivity index is 1.62. The maximum atomic E-state index is 14.0. The fourth-order valence-electron chi connectivity index (χ4n) is 4.81. The molecule has 7 nitrogen and oxygen atoms in total. The second kappa shape index (κ2) is 10.1. The molecule has 1 amide bonds. The maximum Gasteiger partial charge on any atom is 0.272 e. The van der Waals surface area contributed by atoms with Crippen molar-refractivity contribution in [3.8, 4) is 17.0 Å².